The smallest absolute Gasteiger partial charge is 0.236 e. The largest absolute Gasteiger partial charge is 0.440 e. The Balaban J connectivity index is 1.73. The molecule has 3 rings (SSSR count). The van der Waals surface area contributed by atoms with Gasteiger partial charge in [-0.05, 0) is 24.8 Å². The molecule has 1 aliphatic rings. The van der Waals surface area contributed by atoms with Gasteiger partial charge >= 0.3 is 0 Å². The van der Waals surface area contributed by atoms with E-state index in [1.165, 1.54) is 0 Å². The second kappa shape index (κ2) is 5.38. The standard InChI is InChI=1S/C14H17N3O2S/c1-9-11(7-13(18)17-5-4-10(15)8-17)16-14(19-9)12-3-2-6-20-12/h2-3,6,10H,4-5,7-8,15H2,1H3/t10-/m1/s1. The summed E-state index contributed by atoms with van der Waals surface area (Å²) in [5, 5.41) is 1.98. The first-order valence-electron chi connectivity index (χ1n) is 6.67. The third kappa shape index (κ3) is 2.62. The van der Waals surface area contributed by atoms with Crippen LogP contribution in [0.25, 0.3) is 10.8 Å². The summed E-state index contributed by atoms with van der Waals surface area (Å²) in [5.74, 6) is 1.38. The van der Waals surface area contributed by atoms with Crippen molar-refractivity contribution in [2.75, 3.05) is 13.1 Å². The van der Waals surface area contributed by atoms with Crippen molar-refractivity contribution in [2.45, 2.75) is 25.8 Å². The van der Waals surface area contributed by atoms with Crippen LogP contribution < -0.4 is 5.73 Å². The van der Waals surface area contributed by atoms with E-state index < -0.39 is 0 Å². The molecule has 3 heterocycles. The molecule has 0 saturated carbocycles. The third-order valence-corrected chi connectivity index (χ3v) is 4.38. The second-order valence-electron chi connectivity index (χ2n) is 5.06. The van der Waals surface area contributed by atoms with Crippen molar-refractivity contribution < 1.29 is 9.21 Å². The number of amides is 1. The van der Waals surface area contributed by atoms with Crippen molar-refractivity contribution in [1.29, 1.82) is 0 Å². The van der Waals surface area contributed by atoms with Crippen LogP contribution in [0.1, 0.15) is 17.9 Å². The molecule has 0 bridgehead atoms. The average Bonchev–Trinajstić information content (AvgIpc) is 3.11. The molecule has 20 heavy (non-hydrogen) atoms. The summed E-state index contributed by atoms with van der Waals surface area (Å²) >= 11 is 1.57. The number of thiophene rings is 1. The molecule has 1 fully saturated rings. The van der Waals surface area contributed by atoms with Crippen LogP contribution in [0.3, 0.4) is 0 Å². The summed E-state index contributed by atoms with van der Waals surface area (Å²) in [6, 6.07) is 4.02. The zero-order valence-electron chi connectivity index (χ0n) is 11.3. The maximum Gasteiger partial charge on any atom is 0.236 e. The molecule has 1 saturated heterocycles. The van der Waals surface area contributed by atoms with Crippen LogP contribution in [0.2, 0.25) is 0 Å². The number of rotatable bonds is 3. The zero-order valence-corrected chi connectivity index (χ0v) is 12.2. The third-order valence-electron chi connectivity index (χ3n) is 3.52. The lowest BCUT2D eigenvalue weighted by molar-refractivity contribution is -0.129. The van der Waals surface area contributed by atoms with Crippen LogP contribution in [0.4, 0.5) is 0 Å². The van der Waals surface area contributed by atoms with Gasteiger partial charge in [0.05, 0.1) is 17.0 Å². The van der Waals surface area contributed by atoms with E-state index in [1.807, 2.05) is 29.3 Å². The van der Waals surface area contributed by atoms with Gasteiger partial charge in [0.25, 0.3) is 0 Å². The molecule has 0 unspecified atom stereocenters. The number of aryl methyl sites for hydroxylation is 1. The average molecular weight is 291 g/mol. The Morgan fingerprint density at radius 3 is 3.15 bits per heavy atom. The number of nitrogens with two attached hydrogens (primary N) is 1. The normalized spacial score (nSPS) is 18.7. The van der Waals surface area contributed by atoms with Gasteiger partial charge in [-0.2, -0.15) is 0 Å². The summed E-state index contributed by atoms with van der Waals surface area (Å²) in [4.78, 5) is 19.4. The first-order valence-corrected chi connectivity index (χ1v) is 7.55. The Morgan fingerprint density at radius 1 is 1.65 bits per heavy atom. The zero-order chi connectivity index (χ0) is 14.1. The molecule has 1 atom stereocenters. The predicted molar refractivity (Wildman–Crippen MR) is 77.4 cm³/mol. The van der Waals surface area contributed by atoms with Crippen molar-refractivity contribution in [2.24, 2.45) is 5.73 Å². The van der Waals surface area contributed by atoms with Gasteiger partial charge in [-0.1, -0.05) is 6.07 Å². The van der Waals surface area contributed by atoms with Gasteiger partial charge in [0.15, 0.2) is 0 Å². The molecular weight excluding hydrogens is 274 g/mol. The minimum Gasteiger partial charge on any atom is -0.440 e. The molecule has 5 nitrogen and oxygen atoms in total. The molecule has 1 amide bonds. The molecule has 0 radical (unpaired) electrons. The van der Waals surface area contributed by atoms with Gasteiger partial charge in [-0.25, -0.2) is 4.98 Å². The van der Waals surface area contributed by atoms with Gasteiger partial charge in [-0.15, -0.1) is 11.3 Å². The molecule has 2 N–H and O–H groups in total. The van der Waals surface area contributed by atoms with Crippen LogP contribution in [0.15, 0.2) is 21.9 Å². The van der Waals surface area contributed by atoms with Crippen molar-refractivity contribution >= 4 is 17.2 Å². The predicted octanol–water partition coefficient (Wildman–Crippen LogP) is 1.81. The van der Waals surface area contributed by atoms with Gasteiger partial charge in [-0.3, -0.25) is 4.79 Å². The first-order chi connectivity index (χ1) is 9.63. The Labute approximate surface area is 121 Å². The first kappa shape index (κ1) is 13.3. The number of oxazole rings is 1. The molecule has 0 spiro atoms. The number of aromatic nitrogens is 1. The summed E-state index contributed by atoms with van der Waals surface area (Å²) in [6.07, 6.45) is 1.16. The Morgan fingerprint density at radius 2 is 2.50 bits per heavy atom. The number of hydrogen-bond acceptors (Lipinski definition) is 5. The van der Waals surface area contributed by atoms with Crippen molar-refractivity contribution in [1.82, 2.24) is 9.88 Å². The van der Waals surface area contributed by atoms with Crippen LogP contribution in [-0.4, -0.2) is 34.9 Å². The van der Waals surface area contributed by atoms with E-state index in [-0.39, 0.29) is 18.4 Å². The fraction of sp³-hybridized carbons (Fsp3) is 0.429. The molecule has 0 aromatic carbocycles. The second-order valence-corrected chi connectivity index (χ2v) is 6.01. The fourth-order valence-electron chi connectivity index (χ4n) is 2.37. The van der Waals surface area contributed by atoms with E-state index >= 15 is 0 Å². The maximum atomic E-state index is 12.2. The lowest BCUT2D eigenvalue weighted by Crippen LogP contribution is -2.33. The number of hydrogen-bond donors (Lipinski definition) is 1. The molecule has 2 aromatic rings. The van der Waals surface area contributed by atoms with Gasteiger partial charge < -0.3 is 15.1 Å². The highest BCUT2D eigenvalue weighted by Crippen LogP contribution is 2.26. The van der Waals surface area contributed by atoms with Crippen LogP contribution >= 0.6 is 11.3 Å². The van der Waals surface area contributed by atoms with E-state index in [0.29, 0.717) is 18.2 Å². The molecule has 106 valence electrons. The highest BCUT2D eigenvalue weighted by molar-refractivity contribution is 7.13. The quantitative estimate of drug-likeness (QED) is 0.936. The number of likely N-dealkylation sites (tertiary alicyclic amines) is 1. The fourth-order valence-corrected chi connectivity index (χ4v) is 3.02. The van der Waals surface area contributed by atoms with Crippen molar-refractivity contribution in [3.63, 3.8) is 0 Å². The summed E-state index contributed by atoms with van der Waals surface area (Å²) < 4.78 is 5.65. The van der Waals surface area contributed by atoms with Crippen LogP contribution in [0.5, 0.6) is 0 Å². The highest BCUT2D eigenvalue weighted by Gasteiger charge is 2.25. The number of carbonyl (C=O) groups is 1. The Bertz CT molecular complexity index is 606. The van der Waals surface area contributed by atoms with Crippen molar-refractivity contribution in [3.05, 3.63) is 29.0 Å². The summed E-state index contributed by atoms with van der Waals surface area (Å²) in [7, 11) is 0. The summed E-state index contributed by atoms with van der Waals surface area (Å²) in [6.45, 7) is 3.24. The van der Waals surface area contributed by atoms with E-state index in [1.54, 1.807) is 11.3 Å². The number of carbonyl (C=O) groups excluding carboxylic acids is 1. The van der Waals surface area contributed by atoms with Gasteiger partial charge in [0.1, 0.15) is 5.76 Å². The SMILES string of the molecule is Cc1oc(-c2cccs2)nc1CC(=O)N1CC[C@@H](N)C1. The molecular formula is C14H17N3O2S. The molecule has 6 heteroatoms. The summed E-state index contributed by atoms with van der Waals surface area (Å²) in [5.41, 5.74) is 6.55. The highest BCUT2D eigenvalue weighted by atomic mass is 32.1. The molecule has 0 aliphatic carbocycles. The topological polar surface area (TPSA) is 72.4 Å². The van der Waals surface area contributed by atoms with Gasteiger partial charge in [0, 0.05) is 19.1 Å². The lowest BCUT2D eigenvalue weighted by Gasteiger charge is -2.14. The molecule has 2 aromatic heterocycles. The number of nitrogens with zero attached hydrogens (tertiary/aromatic N) is 2. The Kier molecular flexibility index (Phi) is 3.58. The van der Waals surface area contributed by atoms with E-state index in [9.17, 15) is 4.79 Å². The minimum absolute atomic E-state index is 0.0760. The maximum absolute atomic E-state index is 12.2. The van der Waals surface area contributed by atoms with Gasteiger partial charge in [0.2, 0.25) is 11.8 Å². The molecule has 1 aliphatic heterocycles. The monoisotopic (exact) mass is 291 g/mol. The lowest BCUT2D eigenvalue weighted by atomic mass is 10.2. The van der Waals surface area contributed by atoms with E-state index in [2.05, 4.69) is 4.98 Å². The van der Waals surface area contributed by atoms with E-state index in [0.717, 1.165) is 23.5 Å². The van der Waals surface area contributed by atoms with Crippen LogP contribution in [0, 0.1) is 6.92 Å². The van der Waals surface area contributed by atoms with E-state index in [4.69, 9.17) is 10.2 Å². The Hall–Kier alpha value is -1.66. The van der Waals surface area contributed by atoms with Crippen LogP contribution in [-0.2, 0) is 11.2 Å². The minimum atomic E-state index is 0.0760. The van der Waals surface area contributed by atoms with Crippen molar-refractivity contribution in [3.8, 4) is 10.8 Å².